The van der Waals surface area contributed by atoms with Crippen LogP contribution >= 0.6 is 11.3 Å². The van der Waals surface area contributed by atoms with Crippen molar-refractivity contribution in [3.05, 3.63) is 45.6 Å². The Morgan fingerprint density at radius 2 is 1.86 bits per heavy atom. The Labute approximate surface area is 134 Å². The van der Waals surface area contributed by atoms with E-state index in [1.165, 1.54) is 10.6 Å². The minimum atomic E-state index is -0.0408. The number of morpholine rings is 1. The molecule has 4 nitrogen and oxygen atoms in total. The van der Waals surface area contributed by atoms with E-state index >= 15 is 0 Å². The first-order chi connectivity index (χ1) is 10.6. The van der Waals surface area contributed by atoms with Crippen LogP contribution in [0.4, 0.5) is 11.4 Å². The monoisotopic (exact) mass is 316 g/mol. The number of thiophene rings is 1. The van der Waals surface area contributed by atoms with Crippen LogP contribution in [0, 0.1) is 13.8 Å². The van der Waals surface area contributed by atoms with E-state index in [1.807, 2.05) is 43.5 Å². The number of hydrogen-bond acceptors (Lipinski definition) is 4. The largest absolute Gasteiger partial charge is 0.378 e. The number of anilines is 2. The number of aryl methyl sites for hydroxylation is 1. The average molecular weight is 316 g/mol. The molecular formula is C17H20N2O2S. The quantitative estimate of drug-likeness (QED) is 0.943. The van der Waals surface area contributed by atoms with Crippen LogP contribution in [0.1, 0.15) is 20.8 Å². The van der Waals surface area contributed by atoms with Crippen molar-refractivity contribution in [2.24, 2.45) is 0 Å². The summed E-state index contributed by atoms with van der Waals surface area (Å²) in [6, 6.07) is 8.01. The van der Waals surface area contributed by atoms with Crippen molar-refractivity contribution in [3.63, 3.8) is 0 Å². The topological polar surface area (TPSA) is 41.6 Å². The lowest BCUT2D eigenvalue weighted by atomic mass is 10.1. The summed E-state index contributed by atoms with van der Waals surface area (Å²) in [5.74, 6) is -0.0408. The zero-order chi connectivity index (χ0) is 15.5. The van der Waals surface area contributed by atoms with Crippen molar-refractivity contribution >= 4 is 28.6 Å². The van der Waals surface area contributed by atoms with Gasteiger partial charge in [0.25, 0.3) is 5.91 Å². The molecule has 0 bridgehead atoms. The summed E-state index contributed by atoms with van der Waals surface area (Å²) in [7, 11) is 0. The zero-order valence-electron chi connectivity index (χ0n) is 12.9. The molecule has 0 radical (unpaired) electrons. The lowest BCUT2D eigenvalue weighted by molar-refractivity contribution is 0.102. The maximum atomic E-state index is 12.3. The van der Waals surface area contributed by atoms with Crippen molar-refractivity contribution in [1.29, 1.82) is 0 Å². The van der Waals surface area contributed by atoms with Gasteiger partial charge in [0.15, 0.2) is 0 Å². The molecule has 2 aromatic rings. The van der Waals surface area contributed by atoms with E-state index in [-0.39, 0.29) is 5.91 Å². The summed E-state index contributed by atoms with van der Waals surface area (Å²) in [6.07, 6.45) is 0. The maximum Gasteiger partial charge on any atom is 0.256 e. The van der Waals surface area contributed by atoms with Crippen LogP contribution in [-0.2, 0) is 4.74 Å². The molecule has 0 saturated carbocycles. The van der Waals surface area contributed by atoms with Gasteiger partial charge < -0.3 is 15.0 Å². The van der Waals surface area contributed by atoms with Crippen LogP contribution in [0.3, 0.4) is 0 Å². The van der Waals surface area contributed by atoms with Crippen molar-refractivity contribution in [1.82, 2.24) is 0 Å². The Bertz CT molecular complexity index is 658. The number of benzene rings is 1. The summed E-state index contributed by atoms with van der Waals surface area (Å²) in [5.41, 5.74) is 3.82. The highest BCUT2D eigenvalue weighted by atomic mass is 32.1. The van der Waals surface area contributed by atoms with Gasteiger partial charge in [-0.05, 0) is 43.7 Å². The molecule has 1 aliphatic rings. The number of carbonyl (C=O) groups excluding carboxylic acids is 1. The van der Waals surface area contributed by atoms with Crippen LogP contribution < -0.4 is 10.2 Å². The summed E-state index contributed by atoms with van der Waals surface area (Å²) in [5, 5.41) is 4.89. The molecule has 0 spiro atoms. The Kier molecular flexibility index (Phi) is 4.45. The predicted molar refractivity (Wildman–Crippen MR) is 91.2 cm³/mol. The number of hydrogen-bond donors (Lipinski definition) is 1. The molecule has 5 heteroatoms. The van der Waals surface area contributed by atoms with Gasteiger partial charge >= 0.3 is 0 Å². The molecule has 0 unspecified atom stereocenters. The number of carbonyl (C=O) groups is 1. The van der Waals surface area contributed by atoms with E-state index in [1.54, 1.807) is 11.3 Å². The first-order valence-corrected chi connectivity index (χ1v) is 8.32. The predicted octanol–water partition coefficient (Wildman–Crippen LogP) is 3.45. The van der Waals surface area contributed by atoms with Gasteiger partial charge in [-0.25, -0.2) is 0 Å². The zero-order valence-corrected chi connectivity index (χ0v) is 13.7. The van der Waals surface area contributed by atoms with Crippen molar-refractivity contribution in [2.45, 2.75) is 13.8 Å². The van der Waals surface area contributed by atoms with Gasteiger partial charge in [-0.1, -0.05) is 0 Å². The Balaban J connectivity index is 1.68. The average Bonchev–Trinajstić information content (AvgIpc) is 2.88. The Morgan fingerprint density at radius 3 is 2.45 bits per heavy atom. The molecule has 3 rings (SSSR count). The third-order valence-electron chi connectivity index (χ3n) is 4.03. The highest BCUT2D eigenvalue weighted by molar-refractivity contribution is 7.10. The molecule has 2 heterocycles. The molecule has 0 atom stereocenters. The van der Waals surface area contributed by atoms with Crippen LogP contribution in [0.2, 0.25) is 0 Å². The number of amides is 1. The fourth-order valence-corrected chi connectivity index (χ4v) is 3.38. The summed E-state index contributed by atoms with van der Waals surface area (Å²) >= 11 is 1.61. The molecule has 1 fully saturated rings. The van der Waals surface area contributed by atoms with E-state index in [0.29, 0.717) is 0 Å². The van der Waals surface area contributed by atoms with Crippen LogP contribution in [0.5, 0.6) is 0 Å². The summed E-state index contributed by atoms with van der Waals surface area (Å²) in [6.45, 7) is 7.40. The fraction of sp³-hybridized carbons (Fsp3) is 0.353. The molecule has 1 N–H and O–H groups in total. The highest BCUT2D eigenvalue weighted by Gasteiger charge is 2.14. The second-order valence-electron chi connectivity index (χ2n) is 5.43. The standard InChI is InChI=1S/C17H20N2O2S/c1-12-13(2)22-11-16(12)17(20)18-14-3-5-15(6-4-14)19-7-9-21-10-8-19/h3-6,11H,7-10H2,1-2H3,(H,18,20). The summed E-state index contributed by atoms with van der Waals surface area (Å²) in [4.78, 5) is 15.8. The van der Waals surface area contributed by atoms with E-state index in [4.69, 9.17) is 4.74 Å². The highest BCUT2D eigenvalue weighted by Crippen LogP contribution is 2.23. The normalized spacial score (nSPS) is 14.9. The number of rotatable bonds is 3. The Hall–Kier alpha value is -1.85. The summed E-state index contributed by atoms with van der Waals surface area (Å²) < 4.78 is 5.36. The van der Waals surface area contributed by atoms with E-state index in [9.17, 15) is 4.79 Å². The third kappa shape index (κ3) is 3.15. The van der Waals surface area contributed by atoms with E-state index in [2.05, 4.69) is 10.2 Å². The molecule has 0 aliphatic carbocycles. The lowest BCUT2D eigenvalue weighted by Crippen LogP contribution is -2.36. The molecule has 1 saturated heterocycles. The SMILES string of the molecule is Cc1scc(C(=O)Nc2ccc(N3CCOCC3)cc2)c1C. The molecular weight excluding hydrogens is 296 g/mol. The molecule has 1 aromatic carbocycles. The van der Waals surface area contributed by atoms with Crippen molar-refractivity contribution in [3.8, 4) is 0 Å². The van der Waals surface area contributed by atoms with Crippen molar-refractivity contribution < 1.29 is 9.53 Å². The number of nitrogens with zero attached hydrogens (tertiary/aromatic N) is 1. The van der Waals surface area contributed by atoms with Crippen molar-refractivity contribution in [2.75, 3.05) is 36.5 Å². The van der Waals surface area contributed by atoms with Crippen LogP contribution in [-0.4, -0.2) is 32.2 Å². The van der Waals surface area contributed by atoms with Crippen LogP contribution in [0.15, 0.2) is 29.6 Å². The first kappa shape index (κ1) is 15.1. The van der Waals surface area contributed by atoms with Gasteiger partial charge in [-0.15, -0.1) is 11.3 Å². The lowest BCUT2D eigenvalue weighted by Gasteiger charge is -2.28. The second-order valence-corrected chi connectivity index (χ2v) is 6.51. The minimum absolute atomic E-state index is 0.0408. The number of nitrogens with one attached hydrogen (secondary N) is 1. The second kappa shape index (κ2) is 6.50. The maximum absolute atomic E-state index is 12.3. The third-order valence-corrected chi connectivity index (χ3v) is 5.04. The van der Waals surface area contributed by atoms with Gasteiger partial charge in [0.1, 0.15) is 0 Å². The molecule has 116 valence electrons. The minimum Gasteiger partial charge on any atom is -0.378 e. The number of ether oxygens (including phenoxy) is 1. The van der Waals surface area contributed by atoms with Gasteiger partial charge in [-0.3, -0.25) is 4.79 Å². The van der Waals surface area contributed by atoms with Gasteiger partial charge in [0, 0.05) is 34.7 Å². The van der Waals surface area contributed by atoms with Gasteiger partial charge in [-0.2, -0.15) is 0 Å². The van der Waals surface area contributed by atoms with E-state index in [0.717, 1.165) is 43.1 Å². The van der Waals surface area contributed by atoms with Crippen LogP contribution in [0.25, 0.3) is 0 Å². The fourth-order valence-electron chi connectivity index (χ4n) is 2.51. The van der Waals surface area contributed by atoms with E-state index < -0.39 is 0 Å². The van der Waals surface area contributed by atoms with Gasteiger partial charge in [0.2, 0.25) is 0 Å². The molecule has 1 amide bonds. The Morgan fingerprint density at radius 1 is 1.18 bits per heavy atom. The molecule has 22 heavy (non-hydrogen) atoms. The van der Waals surface area contributed by atoms with Gasteiger partial charge in [0.05, 0.1) is 18.8 Å². The smallest absolute Gasteiger partial charge is 0.256 e. The molecule has 1 aromatic heterocycles. The first-order valence-electron chi connectivity index (χ1n) is 7.44. The molecule has 1 aliphatic heterocycles.